The first-order chi connectivity index (χ1) is 15.8. The molecule has 0 saturated heterocycles. The van der Waals surface area contributed by atoms with Crippen LogP contribution in [0.5, 0.6) is 5.75 Å². The fourth-order valence-electron chi connectivity index (χ4n) is 3.70. The van der Waals surface area contributed by atoms with Crippen LogP contribution in [0.1, 0.15) is 36.1 Å². The molecule has 1 N–H and O–H groups in total. The van der Waals surface area contributed by atoms with Crippen molar-refractivity contribution in [2.45, 2.75) is 40.3 Å². The number of rotatable bonds is 7. The number of nitrogens with one attached hydrogen (secondary N) is 1. The van der Waals surface area contributed by atoms with Crippen molar-refractivity contribution in [3.8, 4) is 5.75 Å². The van der Waals surface area contributed by atoms with E-state index in [1.54, 1.807) is 24.5 Å². The van der Waals surface area contributed by atoms with Gasteiger partial charge in [-0.15, -0.1) is 0 Å². The Morgan fingerprint density at radius 2 is 1.61 bits per heavy atom. The number of ether oxygens (including phenoxy) is 1. The van der Waals surface area contributed by atoms with Crippen LogP contribution in [0.3, 0.4) is 0 Å². The van der Waals surface area contributed by atoms with E-state index in [2.05, 4.69) is 10.3 Å². The van der Waals surface area contributed by atoms with E-state index in [1.807, 2.05) is 70.2 Å². The maximum atomic E-state index is 13.5. The number of carbonyl (C=O) groups is 2. The lowest BCUT2D eigenvalue weighted by molar-refractivity contribution is -0.137. The summed E-state index contributed by atoms with van der Waals surface area (Å²) in [6.45, 7) is 8.13. The summed E-state index contributed by atoms with van der Waals surface area (Å²) in [6.07, 6.45) is 3.37. The van der Waals surface area contributed by atoms with E-state index < -0.39 is 0 Å². The maximum absolute atomic E-state index is 13.5. The fraction of sp³-hybridized carbons (Fsp3) is 0.222. The Labute approximate surface area is 193 Å². The van der Waals surface area contributed by atoms with Crippen LogP contribution in [-0.4, -0.2) is 27.8 Å². The molecule has 2 amide bonds. The Morgan fingerprint density at radius 1 is 0.909 bits per heavy atom. The molecule has 6 nitrogen and oxygen atoms in total. The molecule has 2 heterocycles. The highest BCUT2D eigenvalue weighted by Crippen LogP contribution is 2.32. The predicted octanol–water partition coefficient (Wildman–Crippen LogP) is 4.88. The van der Waals surface area contributed by atoms with E-state index >= 15 is 0 Å². The molecule has 1 aliphatic rings. The lowest BCUT2D eigenvalue weighted by Crippen LogP contribution is -2.32. The number of anilines is 1. The highest BCUT2D eigenvalue weighted by atomic mass is 16.5. The highest BCUT2D eigenvalue weighted by Gasteiger charge is 2.39. The molecule has 0 bridgehead atoms. The molecular weight excluding hydrogens is 414 g/mol. The molecule has 0 atom stereocenters. The molecule has 1 aromatic heterocycles. The van der Waals surface area contributed by atoms with Gasteiger partial charge in [0.2, 0.25) is 0 Å². The number of benzene rings is 2. The van der Waals surface area contributed by atoms with Gasteiger partial charge >= 0.3 is 0 Å². The number of nitrogens with zero attached hydrogens (tertiary/aromatic N) is 2. The first-order valence-electron chi connectivity index (χ1n) is 10.9. The van der Waals surface area contributed by atoms with Crippen molar-refractivity contribution in [1.29, 1.82) is 0 Å². The molecule has 4 rings (SSSR count). The number of carbonyl (C=O) groups excluding carboxylic acids is 2. The van der Waals surface area contributed by atoms with Crippen LogP contribution >= 0.6 is 0 Å². The Kier molecular flexibility index (Phi) is 6.27. The second kappa shape index (κ2) is 9.28. The predicted molar refractivity (Wildman–Crippen MR) is 128 cm³/mol. The summed E-state index contributed by atoms with van der Waals surface area (Å²) in [5, 5.41) is 3.20. The molecule has 2 aromatic carbocycles. The number of aryl methyl sites for hydroxylation is 2. The zero-order chi connectivity index (χ0) is 23.5. The molecule has 33 heavy (non-hydrogen) atoms. The summed E-state index contributed by atoms with van der Waals surface area (Å²) < 4.78 is 5.70. The SMILES string of the molecule is Cc1ccc(C2=C(Nc3ccc(OC(C)C)cc3)C(=O)N(Cc3ccncc3)C2=O)cc1C. The molecule has 0 radical (unpaired) electrons. The fourth-order valence-corrected chi connectivity index (χ4v) is 3.70. The molecule has 0 unspecified atom stereocenters. The minimum atomic E-state index is -0.354. The standard InChI is InChI=1S/C27H27N3O3/c1-17(2)33-23-9-7-22(8-10-23)29-25-24(21-6-5-18(3)19(4)15-21)26(31)30(27(25)32)16-20-11-13-28-14-12-20/h5-15,17,29H,16H2,1-4H3. The van der Waals surface area contributed by atoms with Gasteiger partial charge < -0.3 is 10.1 Å². The molecule has 0 spiro atoms. The average Bonchev–Trinajstić information content (AvgIpc) is 3.01. The van der Waals surface area contributed by atoms with Gasteiger partial charge in [0.1, 0.15) is 11.4 Å². The lowest BCUT2D eigenvalue weighted by atomic mass is 9.99. The summed E-state index contributed by atoms with van der Waals surface area (Å²) in [5.74, 6) is 0.0712. The van der Waals surface area contributed by atoms with Crippen LogP contribution in [0.2, 0.25) is 0 Å². The van der Waals surface area contributed by atoms with Gasteiger partial charge in [-0.05, 0) is 86.3 Å². The normalized spacial score (nSPS) is 13.8. The van der Waals surface area contributed by atoms with E-state index in [1.165, 1.54) is 4.90 Å². The van der Waals surface area contributed by atoms with E-state index in [4.69, 9.17) is 4.74 Å². The highest BCUT2D eigenvalue weighted by molar-refractivity contribution is 6.36. The van der Waals surface area contributed by atoms with E-state index in [-0.39, 0.29) is 30.2 Å². The zero-order valence-electron chi connectivity index (χ0n) is 19.3. The van der Waals surface area contributed by atoms with Crippen molar-refractivity contribution in [1.82, 2.24) is 9.88 Å². The van der Waals surface area contributed by atoms with Gasteiger partial charge in [-0.3, -0.25) is 19.5 Å². The third kappa shape index (κ3) is 4.80. The topological polar surface area (TPSA) is 71.5 Å². The van der Waals surface area contributed by atoms with E-state index in [0.717, 1.165) is 28.0 Å². The van der Waals surface area contributed by atoms with Crippen molar-refractivity contribution in [3.63, 3.8) is 0 Å². The number of hydrogen-bond donors (Lipinski definition) is 1. The summed E-state index contributed by atoms with van der Waals surface area (Å²) in [4.78, 5) is 32.2. The number of hydrogen-bond acceptors (Lipinski definition) is 5. The first-order valence-corrected chi connectivity index (χ1v) is 10.9. The van der Waals surface area contributed by atoms with Crippen LogP contribution in [0, 0.1) is 13.8 Å². The monoisotopic (exact) mass is 441 g/mol. The Hall–Kier alpha value is -3.93. The summed E-state index contributed by atoms with van der Waals surface area (Å²) in [7, 11) is 0. The minimum Gasteiger partial charge on any atom is -0.491 e. The Bertz CT molecular complexity index is 1220. The van der Waals surface area contributed by atoms with Crippen LogP contribution in [0.15, 0.2) is 72.7 Å². The van der Waals surface area contributed by atoms with E-state index in [0.29, 0.717) is 11.3 Å². The molecule has 0 fully saturated rings. The van der Waals surface area contributed by atoms with E-state index in [9.17, 15) is 9.59 Å². The number of amides is 2. The third-order valence-corrected chi connectivity index (χ3v) is 5.55. The molecule has 0 aliphatic carbocycles. The molecular formula is C27H27N3O3. The maximum Gasteiger partial charge on any atom is 0.278 e. The molecule has 168 valence electrons. The second-order valence-corrected chi connectivity index (χ2v) is 8.42. The molecule has 1 aliphatic heterocycles. The van der Waals surface area contributed by atoms with Crippen molar-refractivity contribution in [2.24, 2.45) is 0 Å². The van der Waals surface area contributed by atoms with Gasteiger partial charge in [0.25, 0.3) is 11.8 Å². The lowest BCUT2D eigenvalue weighted by Gasteiger charge is -2.15. The smallest absolute Gasteiger partial charge is 0.278 e. The van der Waals surface area contributed by atoms with Crippen molar-refractivity contribution >= 4 is 23.1 Å². The summed E-state index contributed by atoms with van der Waals surface area (Å²) >= 11 is 0. The number of aromatic nitrogens is 1. The third-order valence-electron chi connectivity index (χ3n) is 5.55. The quantitative estimate of drug-likeness (QED) is 0.529. The summed E-state index contributed by atoms with van der Waals surface area (Å²) in [5.41, 5.74) is 5.09. The van der Waals surface area contributed by atoms with Gasteiger partial charge in [0, 0.05) is 18.1 Å². The van der Waals surface area contributed by atoms with Gasteiger partial charge in [0.15, 0.2) is 0 Å². The van der Waals surface area contributed by atoms with Gasteiger partial charge in [0.05, 0.1) is 18.2 Å². The zero-order valence-corrected chi connectivity index (χ0v) is 19.3. The van der Waals surface area contributed by atoms with Crippen LogP contribution in [-0.2, 0) is 16.1 Å². The van der Waals surface area contributed by atoms with Crippen LogP contribution in [0.25, 0.3) is 5.57 Å². The van der Waals surface area contributed by atoms with Gasteiger partial charge in [-0.2, -0.15) is 0 Å². The van der Waals surface area contributed by atoms with Gasteiger partial charge in [-0.25, -0.2) is 0 Å². The molecule has 3 aromatic rings. The average molecular weight is 442 g/mol. The van der Waals surface area contributed by atoms with Crippen molar-refractivity contribution in [3.05, 3.63) is 94.9 Å². The number of imide groups is 1. The van der Waals surface area contributed by atoms with Gasteiger partial charge in [-0.1, -0.05) is 18.2 Å². The minimum absolute atomic E-state index is 0.0682. The summed E-state index contributed by atoms with van der Waals surface area (Å²) in [6, 6.07) is 16.8. The molecule has 0 saturated carbocycles. The van der Waals surface area contributed by atoms with Crippen LogP contribution < -0.4 is 10.1 Å². The Morgan fingerprint density at radius 3 is 2.24 bits per heavy atom. The molecule has 6 heteroatoms. The second-order valence-electron chi connectivity index (χ2n) is 8.42. The largest absolute Gasteiger partial charge is 0.491 e. The Balaban J connectivity index is 1.71. The van der Waals surface area contributed by atoms with Crippen molar-refractivity contribution in [2.75, 3.05) is 5.32 Å². The first kappa shape index (κ1) is 22.3. The number of pyridine rings is 1. The van der Waals surface area contributed by atoms with Crippen LogP contribution in [0.4, 0.5) is 5.69 Å². The van der Waals surface area contributed by atoms with Crippen molar-refractivity contribution < 1.29 is 14.3 Å².